The lowest BCUT2D eigenvalue weighted by Crippen LogP contribution is -1.89. The molecule has 1 rings (SSSR count). The van der Waals surface area contributed by atoms with E-state index in [0.717, 1.165) is 12.2 Å². The number of terminal acetylenes is 1. The van der Waals surface area contributed by atoms with Gasteiger partial charge in [-0.2, -0.15) is 0 Å². The molecule has 0 aliphatic carbocycles. The van der Waals surface area contributed by atoms with Crippen LogP contribution >= 0.6 is 0 Å². The number of aliphatic hydroxyl groups excluding tert-OH is 1. The summed E-state index contributed by atoms with van der Waals surface area (Å²) in [7, 11) is 0. The van der Waals surface area contributed by atoms with Gasteiger partial charge in [0.05, 0.1) is 0 Å². The van der Waals surface area contributed by atoms with Crippen molar-refractivity contribution in [3.05, 3.63) is 23.7 Å². The van der Waals surface area contributed by atoms with Crippen LogP contribution in [0, 0.1) is 12.3 Å². The second-order valence-corrected chi connectivity index (χ2v) is 2.23. The molecule has 0 radical (unpaired) electrons. The Morgan fingerprint density at radius 3 is 2.91 bits per heavy atom. The normalized spacial score (nSPS) is 12.5. The zero-order valence-electron chi connectivity index (χ0n) is 6.37. The fraction of sp³-hybridized carbons (Fsp3) is 0.333. The van der Waals surface area contributed by atoms with Crippen LogP contribution in [0.25, 0.3) is 0 Å². The van der Waals surface area contributed by atoms with Gasteiger partial charge in [0, 0.05) is 6.42 Å². The van der Waals surface area contributed by atoms with Crippen molar-refractivity contribution in [2.45, 2.75) is 19.4 Å². The fourth-order valence-corrected chi connectivity index (χ4v) is 0.814. The standard InChI is InChI=1S/C9H10O2/c1-3-7-5-6-9(11-7)8(10)4-2/h2,5-6,8,10H,3H2,1H3. The van der Waals surface area contributed by atoms with E-state index in [1.54, 1.807) is 6.07 Å². The van der Waals surface area contributed by atoms with Crippen molar-refractivity contribution >= 4 is 0 Å². The van der Waals surface area contributed by atoms with Crippen molar-refractivity contribution in [1.82, 2.24) is 0 Å². The second-order valence-electron chi connectivity index (χ2n) is 2.23. The van der Waals surface area contributed by atoms with E-state index in [9.17, 15) is 0 Å². The summed E-state index contributed by atoms with van der Waals surface area (Å²) < 4.78 is 5.19. The van der Waals surface area contributed by atoms with Crippen LogP contribution in [0.4, 0.5) is 0 Å². The van der Waals surface area contributed by atoms with Crippen LogP contribution in [0.3, 0.4) is 0 Å². The molecular formula is C9H10O2. The van der Waals surface area contributed by atoms with Gasteiger partial charge in [-0.1, -0.05) is 12.8 Å². The predicted octanol–water partition coefficient (Wildman–Crippen LogP) is 1.51. The van der Waals surface area contributed by atoms with Gasteiger partial charge in [0.15, 0.2) is 6.10 Å². The Morgan fingerprint density at radius 2 is 2.45 bits per heavy atom. The molecule has 0 fully saturated rings. The molecule has 11 heavy (non-hydrogen) atoms. The van der Waals surface area contributed by atoms with Crippen LogP contribution in [0.5, 0.6) is 0 Å². The highest BCUT2D eigenvalue weighted by Crippen LogP contribution is 2.15. The van der Waals surface area contributed by atoms with E-state index in [1.165, 1.54) is 0 Å². The quantitative estimate of drug-likeness (QED) is 0.648. The molecule has 0 saturated heterocycles. The molecule has 1 aromatic heterocycles. The lowest BCUT2D eigenvalue weighted by atomic mass is 10.3. The lowest BCUT2D eigenvalue weighted by Gasteiger charge is -1.96. The molecule has 0 aromatic carbocycles. The van der Waals surface area contributed by atoms with Crippen LogP contribution in [0.1, 0.15) is 24.5 Å². The largest absolute Gasteiger partial charge is 0.462 e. The van der Waals surface area contributed by atoms with E-state index in [0.29, 0.717) is 5.76 Å². The molecule has 2 heteroatoms. The topological polar surface area (TPSA) is 33.4 Å². The average molecular weight is 150 g/mol. The molecule has 2 nitrogen and oxygen atoms in total. The SMILES string of the molecule is C#CC(O)c1ccc(CC)o1. The summed E-state index contributed by atoms with van der Waals surface area (Å²) in [5.41, 5.74) is 0. The summed E-state index contributed by atoms with van der Waals surface area (Å²) in [4.78, 5) is 0. The molecule has 58 valence electrons. The smallest absolute Gasteiger partial charge is 0.172 e. The average Bonchev–Trinajstić information content (AvgIpc) is 2.50. The van der Waals surface area contributed by atoms with Gasteiger partial charge in [-0.25, -0.2) is 0 Å². The summed E-state index contributed by atoms with van der Waals surface area (Å²) in [6.07, 6.45) is 4.90. The second kappa shape index (κ2) is 3.27. The first kappa shape index (κ1) is 7.90. The van der Waals surface area contributed by atoms with E-state index in [1.807, 2.05) is 13.0 Å². The van der Waals surface area contributed by atoms with E-state index in [4.69, 9.17) is 15.9 Å². The number of hydrogen-bond acceptors (Lipinski definition) is 2. The number of furan rings is 1. The number of aliphatic hydroxyl groups is 1. The molecule has 1 atom stereocenters. The molecule has 1 aromatic rings. The molecule has 0 saturated carbocycles. The van der Waals surface area contributed by atoms with Gasteiger partial charge in [-0.05, 0) is 12.1 Å². The van der Waals surface area contributed by atoms with Crippen molar-refractivity contribution in [3.8, 4) is 12.3 Å². The van der Waals surface area contributed by atoms with Gasteiger partial charge in [-0.3, -0.25) is 0 Å². The minimum absolute atomic E-state index is 0.448. The van der Waals surface area contributed by atoms with Crippen LogP contribution in [0.2, 0.25) is 0 Å². The Morgan fingerprint density at radius 1 is 1.73 bits per heavy atom. The summed E-state index contributed by atoms with van der Waals surface area (Å²) in [5.74, 6) is 3.47. The van der Waals surface area contributed by atoms with Crippen molar-refractivity contribution in [3.63, 3.8) is 0 Å². The van der Waals surface area contributed by atoms with Gasteiger partial charge in [0.1, 0.15) is 11.5 Å². The van der Waals surface area contributed by atoms with Gasteiger partial charge in [0.2, 0.25) is 0 Å². The third kappa shape index (κ3) is 1.63. The fourth-order valence-electron chi connectivity index (χ4n) is 0.814. The predicted molar refractivity (Wildman–Crippen MR) is 41.9 cm³/mol. The summed E-state index contributed by atoms with van der Waals surface area (Å²) in [6, 6.07) is 3.51. The van der Waals surface area contributed by atoms with E-state index >= 15 is 0 Å². The van der Waals surface area contributed by atoms with E-state index in [2.05, 4.69) is 5.92 Å². The Balaban J connectivity index is 2.82. The first-order valence-electron chi connectivity index (χ1n) is 3.50. The van der Waals surface area contributed by atoms with Crippen molar-refractivity contribution < 1.29 is 9.52 Å². The van der Waals surface area contributed by atoms with E-state index in [-0.39, 0.29) is 0 Å². The minimum Gasteiger partial charge on any atom is -0.462 e. The van der Waals surface area contributed by atoms with Crippen LogP contribution in [-0.2, 0) is 6.42 Å². The summed E-state index contributed by atoms with van der Waals surface area (Å²) >= 11 is 0. The van der Waals surface area contributed by atoms with Gasteiger partial charge in [-0.15, -0.1) is 6.42 Å². The molecule has 1 heterocycles. The van der Waals surface area contributed by atoms with Gasteiger partial charge < -0.3 is 9.52 Å². The Kier molecular flexibility index (Phi) is 2.35. The number of rotatable bonds is 2. The van der Waals surface area contributed by atoms with E-state index < -0.39 is 6.10 Å². The monoisotopic (exact) mass is 150 g/mol. The third-order valence-corrected chi connectivity index (χ3v) is 1.46. The zero-order valence-corrected chi connectivity index (χ0v) is 6.37. The first-order chi connectivity index (χ1) is 5.27. The van der Waals surface area contributed by atoms with Crippen LogP contribution in [-0.4, -0.2) is 5.11 Å². The maximum absolute atomic E-state index is 9.11. The molecule has 0 amide bonds. The molecule has 1 unspecified atom stereocenters. The van der Waals surface area contributed by atoms with Crippen molar-refractivity contribution in [2.75, 3.05) is 0 Å². The maximum Gasteiger partial charge on any atom is 0.172 e. The highest BCUT2D eigenvalue weighted by Gasteiger charge is 2.07. The molecule has 0 aliphatic rings. The molecule has 1 N–H and O–H groups in total. The summed E-state index contributed by atoms with van der Waals surface area (Å²) in [5, 5.41) is 9.11. The minimum atomic E-state index is -0.907. The molecule has 0 aliphatic heterocycles. The lowest BCUT2D eigenvalue weighted by molar-refractivity contribution is 0.204. The highest BCUT2D eigenvalue weighted by molar-refractivity contribution is 5.15. The Labute approximate surface area is 65.8 Å². The highest BCUT2D eigenvalue weighted by atomic mass is 16.4. The Hall–Kier alpha value is -1.20. The molecular weight excluding hydrogens is 140 g/mol. The number of hydrogen-bond donors (Lipinski definition) is 1. The van der Waals surface area contributed by atoms with Crippen LogP contribution < -0.4 is 0 Å². The van der Waals surface area contributed by atoms with Gasteiger partial charge >= 0.3 is 0 Å². The first-order valence-corrected chi connectivity index (χ1v) is 3.50. The molecule has 0 bridgehead atoms. The zero-order chi connectivity index (χ0) is 8.27. The summed E-state index contributed by atoms with van der Waals surface area (Å²) in [6.45, 7) is 1.98. The van der Waals surface area contributed by atoms with Crippen LogP contribution in [0.15, 0.2) is 16.5 Å². The van der Waals surface area contributed by atoms with Gasteiger partial charge in [0.25, 0.3) is 0 Å². The van der Waals surface area contributed by atoms with Crippen molar-refractivity contribution in [2.24, 2.45) is 0 Å². The third-order valence-electron chi connectivity index (χ3n) is 1.46. The van der Waals surface area contributed by atoms with Crippen molar-refractivity contribution in [1.29, 1.82) is 0 Å². The molecule has 0 spiro atoms. The maximum atomic E-state index is 9.11. The Bertz CT molecular complexity index is 267. The number of aryl methyl sites for hydroxylation is 1.